The van der Waals surface area contributed by atoms with E-state index in [-0.39, 0.29) is 22.0 Å². The monoisotopic (exact) mass is 409 g/mol. The van der Waals surface area contributed by atoms with Crippen molar-refractivity contribution in [3.63, 3.8) is 0 Å². The van der Waals surface area contributed by atoms with E-state index in [9.17, 15) is 4.79 Å². The highest BCUT2D eigenvalue weighted by atomic mass is 79.9. The number of halogens is 1. The van der Waals surface area contributed by atoms with Crippen LogP contribution in [0.2, 0.25) is 18.1 Å². The number of amides is 1. The first-order valence-corrected chi connectivity index (χ1v) is 12.3. The Kier molecular flexibility index (Phi) is 8.83. The van der Waals surface area contributed by atoms with Gasteiger partial charge < -0.3 is 14.5 Å². The van der Waals surface area contributed by atoms with Crippen LogP contribution in [0.4, 0.5) is 4.79 Å². The largest absolute Gasteiger partial charge is 0.444 e. The van der Waals surface area contributed by atoms with Gasteiger partial charge in [-0.1, -0.05) is 50.0 Å². The SMILES string of the molecule is CCC[C@H](Br)[C@@H](CO[Si](C)(C)C(C)(C)C)NC(=O)OC(C)(C)C. The van der Waals surface area contributed by atoms with Crippen LogP contribution in [0.15, 0.2) is 0 Å². The predicted octanol–water partition coefficient (Wildman–Crippen LogP) is 5.47. The Hall–Kier alpha value is -0.0731. The van der Waals surface area contributed by atoms with Crippen molar-refractivity contribution >= 4 is 30.3 Å². The van der Waals surface area contributed by atoms with E-state index in [4.69, 9.17) is 9.16 Å². The highest BCUT2D eigenvalue weighted by Gasteiger charge is 2.38. The highest BCUT2D eigenvalue weighted by Crippen LogP contribution is 2.36. The molecule has 0 heterocycles. The minimum Gasteiger partial charge on any atom is -0.444 e. The van der Waals surface area contributed by atoms with Crippen LogP contribution in [-0.4, -0.2) is 37.5 Å². The maximum atomic E-state index is 12.1. The lowest BCUT2D eigenvalue weighted by atomic mass is 10.1. The quantitative estimate of drug-likeness (QED) is 0.448. The maximum Gasteiger partial charge on any atom is 0.407 e. The number of carbonyl (C=O) groups excluding carboxylic acids is 1. The molecule has 0 aromatic heterocycles. The van der Waals surface area contributed by atoms with Gasteiger partial charge in [0.05, 0.1) is 12.6 Å². The summed E-state index contributed by atoms with van der Waals surface area (Å²) in [5, 5.41) is 3.12. The van der Waals surface area contributed by atoms with Gasteiger partial charge in [0.1, 0.15) is 5.60 Å². The van der Waals surface area contributed by atoms with Gasteiger partial charge >= 0.3 is 6.09 Å². The van der Waals surface area contributed by atoms with Crippen LogP contribution < -0.4 is 5.32 Å². The molecule has 1 N–H and O–H groups in total. The summed E-state index contributed by atoms with van der Waals surface area (Å²) >= 11 is 3.70. The van der Waals surface area contributed by atoms with Crippen molar-refractivity contribution in [2.75, 3.05) is 6.61 Å². The molecule has 0 aromatic carbocycles. The van der Waals surface area contributed by atoms with E-state index >= 15 is 0 Å². The second kappa shape index (κ2) is 8.86. The van der Waals surface area contributed by atoms with Crippen LogP contribution in [0, 0.1) is 0 Å². The van der Waals surface area contributed by atoms with Crippen LogP contribution in [0.3, 0.4) is 0 Å². The fraction of sp³-hybridized carbons (Fsp3) is 0.941. The molecule has 0 spiro atoms. The Morgan fingerprint density at radius 3 is 2.09 bits per heavy atom. The van der Waals surface area contributed by atoms with E-state index in [1.807, 2.05) is 20.8 Å². The number of rotatable bonds is 7. The van der Waals surface area contributed by atoms with Crippen LogP contribution in [0.1, 0.15) is 61.3 Å². The molecule has 6 heteroatoms. The van der Waals surface area contributed by atoms with Gasteiger partial charge in [-0.3, -0.25) is 0 Å². The standard InChI is InChI=1S/C17H36BrNO3Si/c1-10-11-13(18)14(19-15(20)22-16(2,3)4)12-21-23(8,9)17(5,6)7/h13-14H,10-12H2,1-9H3,(H,19,20)/t13-,14+/m0/s1. The molecule has 4 nitrogen and oxygen atoms in total. The number of hydrogen-bond donors (Lipinski definition) is 1. The topological polar surface area (TPSA) is 47.6 Å². The third-order valence-corrected chi connectivity index (χ3v) is 9.73. The van der Waals surface area contributed by atoms with Crippen molar-refractivity contribution in [3.05, 3.63) is 0 Å². The van der Waals surface area contributed by atoms with Crippen molar-refractivity contribution in [2.45, 2.75) is 95.9 Å². The molecule has 2 atom stereocenters. The summed E-state index contributed by atoms with van der Waals surface area (Å²) in [4.78, 5) is 12.3. The molecule has 23 heavy (non-hydrogen) atoms. The lowest BCUT2D eigenvalue weighted by Crippen LogP contribution is -2.50. The number of alkyl carbamates (subject to hydrolysis) is 1. The summed E-state index contributed by atoms with van der Waals surface area (Å²) in [6.07, 6.45) is 1.63. The fourth-order valence-corrected chi connectivity index (χ4v) is 3.46. The van der Waals surface area contributed by atoms with Crippen molar-refractivity contribution in [1.82, 2.24) is 5.32 Å². The van der Waals surface area contributed by atoms with Crippen molar-refractivity contribution in [3.8, 4) is 0 Å². The number of ether oxygens (including phenoxy) is 1. The zero-order valence-electron chi connectivity index (χ0n) is 16.4. The summed E-state index contributed by atoms with van der Waals surface area (Å²) in [7, 11) is -1.85. The Labute approximate surface area is 152 Å². The molecular weight excluding hydrogens is 374 g/mol. The third-order valence-electron chi connectivity index (χ3n) is 4.13. The molecule has 0 aliphatic rings. The van der Waals surface area contributed by atoms with Crippen LogP contribution >= 0.6 is 15.9 Å². The first kappa shape index (κ1) is 22.9. The highest BCUT2D eigenvalue weighted by molar-refractivity contribution is 9.09. The maximum absolute atomic E-state index is 12.1. The number of hydrogen-bond acceptors (Lipinski definition) is 3. The lowest BCUT2D eigenvalue weighted by Gasteiger charge is -2.38. The zero-order chi connectivity index (χ0) is 18.5. The molecule has 0 bridgehead atoms. The smallest absolute Gasteiger partial charge is 0.407 e. The summed E-state index contributed by atoms with van der Waals surface area (Å²) < 4.78 is 11.7. The molecule has 0 unspecified atom stereocenters. The van der Waals surface area contributed by atoms with Gasteiger partial charge in [-0.2, -0.15) is 0 Å². The molecule has 0 saturated carbocycles. The molecule has 0 saturated heterocycles. The molecule has 0 aliphatic heterocycles. The minimum absolute atomic E-state index is 0.0982. The van der Waals surface area contributed by atoms with Crippen molar-refractivity contribution < 1.29 is 14.0 Å². The van der Waals surface area contributed by atoms with Gasteiger partial charge in [0.25, 0.3) is 0 Å². The Morgan fingerprint density at radius 1 is 1.17 bits per heavy atom. The Bertz CT molecular complexity index is 375. The average molecular weight is 410 g/mol. The number of nitrogens with one attached hydrogen (secondary N) is 1. The van der Waals surface area contributed by atoms with E-state index in [1.54, 1.807) is 0 Å². The zero-order valence-corrected chi connectivity index (χ0v) is 19.0. The molecule has 0 fully saturated rings. The van der Waals surface area contributed by atoms with Gasteiger partial charge in [0, 0.05) is 4.83 Å². The van der Waals surface area contributed by atoms with E-state index < -0.39 is 13.9 Å². The molecule has 0 aromatic rings. The van der Waals surface area contributed by atoms with Gasteiger partial charge in [-0.25, -0.2) is 4.79 Å². The average Bonchev–Trinajstić information content (AvgIpc) is 2.30. The molecule has 138 valence electrons. The molecule has 0 radical (unpaired) electrons. The van der Waals surface area contributed by atoms with Crippen LogP contribution in [0.25, 0.3) is 0 Å². The van der Waals surface area contributed by atoms with Gasteiger partial charge in [0.2, 0.25) is 0 Å². The minimum atomic E-state index is -1.85. The summed E-state index contributed by atoms with van der Waals surface area (Å²) in [6.45, 7) is 19.3. The summed E-state index contributed by atoms with van der Waals surface area (Å²) in [6, 6.07) is -0.0982. The predicted molar refractivity (Wildman–Crippen MR) is 104 cm³/mol. The third kappa shape index (κ3) is 9.10. The number of carbonyl (C=O) groups is 1. The molecule has 0 aliphatic carbocycles. The van der Waals surface area contributed by atoms with Gasteiger partial charge in [0.15, 0.2) is 8.32 Å². The normalized spacial score (nSPS) is 15.9. The first-order chi connectivity index (χ1) is 10.2. The van der Waals surface area contributed by atoms with Gasteiger partial charge in [-0.05, 0) is 45.3 Å². The van der Waals surface area contributed by atoms with Crippen molar-refractivity contribution in [1.29, 1.82) is 0 Å². The van der Waals surface area contributed by atoms with Crippen LogP contribution in [-0.2, 0) is 9.16 Å². The van der Waals surface area contributed by atoms with E-state index in [1.165, 1.54) is 0 Å². The van der Waals surface area contributed by atoms with E-state index in [0.29, 0.717) is 6.61 Å². The first-order valence-electron chi connectivity index (χ1n) is 8.47. The summed E-state index contributed by atoms with van der Waals surface area (Å²) in [5.41, 5.74) is -0.499. The Balaban J connectivity index is 4.87. The summed E-state index contributed by atoms with van der Waals surface area (Å²) in [5.74, 6) is 0. The molecular formula is C17H36BrNO3Si. The van der Waals surface area contributed by atoms with Gasteiger partial charge in [-0.15, -0.1) is 0 Å². The van der Waals surface area contributed by atoms with Crippen molar-refractivity contribution in [2.24, 2.45) is 0 Å². The second-order valence-corrected chi connectivity index (χ2v) is 14.6. The Morgan fingerprint density at radius 2 is 1.70 bits per heavy atom. The lowest BCUT2D eigenvalue weighted by molar-refractivity contribution is 0.0484. The van der Waals surface area contributed by atoms with E-state index in [2.05, 4.69) is 62.0 Å². The van der Waals surface area contributed by atoms with Crippen LogP contribution in [0.5, 0.6) is 0 Å². The second-order valence-electron chi connectivity index (χ2n) is 8.63. The molecule has 1 amide bonds. The molecule has 0 rings (SSSR count). The van der Waals surface area contributed by atoms with E-state index in [0.717, 1.165) is 12.8 Å². The fourth-order valence-electron chi connectivity index (χ4n) is 1.69. The number of alkyl halides is 1.